The summed E-state index contributed by atoms with van der Waals surface area (Å²) in [5.41, 5.74) is 7.54. The monoisotopic (exact) mass is 379 g/mol. The van der Waals surface area contributed by atoms with Crippen LogP contribution in [0.4, 0.5) is 5.69 Å². The van der Waals surface area contributed by atoms with Crippen molar-refractivity contribution in [3.05, 3.63) is 100 Å². The van der Waals surface area contributed by atoms with Crippen molar-refractivity contribution in [2.24, 2.45) is 11.8 Å². The van der Waals surface area contributed by atoms with E-state index < -0.39 is 0 Å². The molecule has 142 valence electrons. The third-order valence-corrected chi connectivity index (χ3v) is 7.11. The number of aryl methyl sites for hydroxylation is 2. The number of para-hydroxylation sites is 1. The second-order valence-corrected chi connectivity index (χ2v) is 8.52. The smallest absolute Gasteiger partial charge is 0.238 e. The predicted octanol–water partition coefficient (Wildman–Crippen LogP) is 4.70. The van der Waals surface area contributed by atoms with Crippen LogP contribution in [0.5, 0.6) is 0 Å². The lowest BCUT2D eigenvalue weighted by molar-refractivity contribution is -0.122. The zero-order valence-electron chi connectivity index (χ0n) is 16.4. The molecule has 29 heavy (non-hydrogen) atoms. The average Bonchev–Trinajstić information content (AvgIpc) is 2.99. The summed E-state index contributed by atoms with van der Waals surface area (Å²) in [6.07, 6.45) is 0. The molecule has 1 fully saturated rings. The fourth-order valence-corrected chi connectivity index (χ4v) is 6.06. The van der Waals surface area contributed by atoms with Gasteiger partial charge in [0.1, 0.15) is 0 Å². The molecule has 1 aliphatic heterocycles. The van der Waals surface area contributed by atoms with Crippen LogP contribution in [-0.4, -0.2) is 11.8 Å². The van der Waals surface area contributed by atoms with Crippen LogP contribution >= 0.6 is 0 Å². The fraction of sp³-hybridized carbons (Fsp3) is 0.231. The van der Waals surface area contributed by atoms with Crippen molar-refractivity contribution >= 4 is 17.5 Å². The minimum atomic E-state index is -0.323. The summed E-state index contributed by atoms with van der Waals surface area (Å²) in [5, 5.41) is 0. The van der Waals surface area contributed by atoms with Crippen LogP contribution < -0.4 is 4.90 Å². The molecular weight excluding hydrogens is 358 g/mol. The molecule has 2 amide bonds. The number of rotatable bonds is 1. The Morgan fingerprint density at radius 2 is 0.966 bits per heavy atom. The normalized spacial score (nSPS) is 26.3. The van der Waals surface area contributed by atoms with Crippen molar-refractivity contribution in [3.63, 3.8) is 0 Å². The Balaban J connectivity index is 1.60. The van der Waals surface area contributed by atoms with Gasteiger partial charge in [0.15, 0.2) is 0 Å². The lowest BCUT2D eigenvalue weighted by Crippen LogP contribution is -2.41. The number of amides is 2. The first kappa shape index (κ1) is 16.7. The van der Waals surface area contributed by atoms with E-state index in [2.05, 4.69) is 24.3 Å². The SMILES string of the molecule is Cc1cccc(C)c1N1C(=O)[C@@H]2C3c4ccccc4C(c4ccccc43)[C@H]2C1=O. The van der Waals surface area contributed by atoms with Gasteiger partial charge in [0.05, 0.1) is 17.5 Å². The van der Waals surface area contributed by atoms with Crippen LogP contribution in [-0.2, 0) is 9.59 Å². The highest BCUT2D eigenvalue weighted by molar-refractivity contribution is 6.24. The molecule has 3 heteroatoms. The predicted molar refractivity (Wildman–Crippen MR) is 112 cm³/mol. The number of imide groups is 1. The van der Waals surface area contributed by atoms with Gasteiger partial charge in [-0.15, -0.1) is 0 Å². The minimum Gasteiger partial charge on any atom is -0.274 e. The summed E-state index contributed by atoms with van der Waals surface area (Å²) < 4.78 is 0. The van der Waals surface area contributed by atoms with Crippen LogP contribution in [0.1, 0.15) is 45.2 Å². The van der Waals surface area contributed by atoms with E-state index in [1.807, 2.05) is 56.3 Å². The van der Waals surface area contributed by atoms with Crippen LogP contribution in [0.2, 0.25) is 0 Å². The van der Waals surface area contributed by atoms with E-state index >= 15 is 0 Å². The van der Waals surface area contributed by atoms with Crippen molar-refractivity contribution in [1.82, 2.24) is 0 Å². The van der Waals surface area contributed by atoms with Gasteiger partial charge < -0.3 is 0 Å². The highest BCUT2D eigenvalue weighted by Crippen LogP contribution is 2.61. The first-order chi connectivity index (χ1) is 14.1. The van der Waals surface area contributed by atoms with Gasteiger partial charge in [0, 0.05) is 11.8 Å². The van der Waals surface area contributed by atoms with Gasteiger partial charge in [-0.1, -0.05) is 66.7 Å². The summed E-state index contributed by atoms with van der Waals surface area (Å²) in [6, 6.07) is 22.6. The molecule has 1 saturated heterocycles. The molecule has 0 saturated carbocycles. The molecule has 3 nitrogen and oxygen atoms in total. The van der Waals surface area contributed by atoms with Gasteiger partial charge in [-0.2, -0.15) is 0 Å². The minimum absolute atomic E-state index is 0.0450. The van der Waals surface area contributed by atoms with Crippen LogP contribution in [0, 0.1) is 25.7 Å². The molecule has 3 aliphatic carbocycles. The summed E-state index contributed by atoms with van der Waals surface area (Å²) in [5.74, 6) is -0.841. The highest BCUT2D eigenvalue weighted by Gasteiger charge is 2.61. The van der Waals surface area contributed by atoms with Crippen molar-refractivity contribution in [2.45, 2.75) is 25.7 Å². The standard InChI is InChI=1S/C26H21NO2/c1-14-8-7-9-15(2)24(14)27-25(28)22-20-16-10-3-4-11-17(16)21(23(22)26(27)29)19-13-6-5-12-18(19)20/h3-13,20-23H,1-2H3/t20?,21?,22-,23-/m1/s1. The van der Waals surface area contributed by atoms with E-state index in [9.17, 15) is 9.59 Å². The van der Waals surface area contributed by atoms with Gasteiger partial charge in [0.25, 0.3) is 0 Å². The number of hydrogen-bond donors (Lipinski definition) is 0. The molecule has 4 aliphatic rings. The zero-order valence-corrected chi connectivity index (χ0v) is 16.4. The topological polar surface area (TPSA) is 37.4 Å². The lowest BCUT2D eigenvalue weighted by atomic mass is 9.55. The van der Waals surface area contributed by atoms with E-state index in [0.29, 0.717) is 0 Å². The van der Waals surface area contributed by atoms with E-state index in [4.69, 9.17) is 0 Å². The Morgan fingerprint density at radius 1 is 0.586 bits per heavy atom. The maximum absolute atomic E-state index is 13.8. The average molecular weight is 379 g/mol. The Bertz CT molecular complexity index is 1080. The van der Waals surface area contributed by atoms with Crippen LogP contribution in [0.25, 0.3) is 0 Å². The number of benzene rings is 3. The second-order valence-electron chi connectivity index (χ2n) is 8.52. The maximum Gasteiger partial charge on any atom is 0.238 e. The number of hydrogen-bond acceptors (Lipinski definition) is 2. The highest BCUT2D eigenvalue weighted by atomic mass is 16.2. The number of anilines is 1. The third kappa shape index (κ3) is 1.97. The van der Waals surface area contributed by atoms with E-state index in [-0.39, 0.29) is 35.5 Å². The van der Waals surface area contributed by atoms with Crippen LogP contribution in [0.3, 0.4) is 0 Å². The summed E-state index contributed by atoms with van der Waals surface area (Å²) in [6.45, 7) is 3.95. The lowest BCUT2D eigenvalue weighted by Gasteiger charge is -2.45. The first-order valence-electron chi connectivity index (χ1n) is 10.2. The number of carbonyl (C=O) groups excluding carboxylic acids is 2. The molecule has 3 aromatic carbocycles. The Hall–Kier alpha value is -3.20. The van der Waals surface area contributed by atoms with Gasteiger partial charge in [-0.3, -0.25) is 9.59 Å². The molecule has 2 bridgehead atoms. The molecule has 0 spiro atoms. The Morgan fingerprint density at radius 3 is 1.34 bits per heavy atom. The molecular formula is C26H21NO2. The van der Waals surface area contributed by atoms with Gasteiger partial charge in [-0.05, 0) is 47.2 Å². The molecule has 7 rings (SSSR count). The quantitative estimate of drug-likeness (QED) is 0.575. The largest absolute Gasteiger partial charge is 0.274 e. The molecule has 2 atom stereocenters. The molecule has 3 aromatic rings. The summed E-state index contributed by atoms with van der Waals surface area (Å²) in [7, 11) is 0. The van der Waals surface area contributed by atoms with E-state index in [1.54, 1.807) is 0 Å². The third-order valence-electron chi connectivity index (χ3n) is 7.11. The van der Waals surface area contributed by atoms with E-state index in [0.717, 1.165) is 16.8 Å². The van der Waals surface area contributed by atoms with Gasteiger partial charge >= 0.3 is 0 Å². The van der Waals surface area contributed by atoms with E-state index in [1.165, 1.54) is 27.2 Å². The van der Waals surface area contributed by atoms with Crippen molar-refractivity contribution in [3.8, 4) is 0 Å². The number of carbonyl (C=O) groups is 2. The second kappa shape index (κ2) is 5.66. The van der Waals surface area contributed by atoms with Gasteiger partial charge in [-0.25, -0.2) is 4.90 Å². The molecule has 0 aromatic heterocycles. The number of nitrogens with zero attached hydrogens (tertiary/aromatic N) is 1. The molecule has 0 unspecified atom stereocenters. The van der Waals surface area contributed by atoms with Crippen molar-refractivity contribution in [2.75, 3.05) is 4.90 Å². The van der Waals surface area contributed by atoms with Crippen LogP contribution in [0.15, 0.2) is 66.7 Å². The molecule has 0 N–H and O–H groups in total. The van der Waals surface area contributed by atoms with Crippen molar-refractivity contribution < 1.29 is 9.59 Å². The maximum atomic E-state index is 13.8. The zero-order chi connectivity index (χ0) is 19.9. The van der Waals surface area contributed by atoms with Crippen molar-refractivity contribution in [1.29, 1.82) is 0 Å². The fourth-order valence-electron chi connectivity index (χ4n) is 6.06. The first-order valence-corrected chi connectivity index (χ1v) is 10.2. The molecule has 1 heterocycles. The Kier molecular flexibility index (Phi) is 3.27. The summed E-state index contributed by atoms with van der Waals surface area (Å²) >= 11 is 0. The van der Waals surface area contributed by atoms with Gasteiger partial charge in [0.2, 0.25) is 11.8 Å². The Labute approximate surface area is 170 Å². The molecule has 0 radical (unpaired) electrons. The summed E-state index contributed by atoms with van der Waals surface area (Å²) in [4.78, 5) is 29.0.